The van der Waals surface area contributed by atoms with Gasteiger partial charge < -0.3 is 15.4 Å². The van der Waals surface area contributed by atoms with Crippen LogP contribution in [0.15, 0.2) is 40.9 Å². The summed E-state index contributed by atoms with van der Waals surface area (Å²) in [4.78, 5) is 0. The number of halogens is 1. The van der Waals surface area contributed by atoms with E-state index in [1.54, 1.807) is 0 Å². The molecule has 2 N–H and O–H groups in total. The Balaban J connectivity index is 1.82. The predicted molar refractivity (Wildman–Crippen MR) is 109 cm³/mol. The third kappa shape index (κ3) is 5.49. The minimum absolute atomic E-state index is 0.100. The first-order valence-electron chi connectivity index (χ1n) is 7.89. The molecule has 0 heterocycles. The van der Waals surface area contributed by atoms with Gasteiger partial charge in [0.1, 0.15) is 12.4 Å². The lowest BCUT2D eigenvalue weighted by atomic mass is 10.1. The molecule has 0 aliphatic heterocycles. The average molecular weight is 407 g/mol. The molecular formula is C19H23BrN2OS. The SMILES string of the molecule is Cc1ccc(OCC(C)NC(=S)Nc2ccc(Br)c(C)c2)cc1C. The minimum atomic E-state index is 0.100. The Morgan fingerprint density at radius 1 is 1.08 bits per heavy atom. The number of ether oxygens (including phenoxy) is 1. The van der Waals surface area contributed by atoms with E-state index < -0.39 is 0 Å². The van der Waals surface area contributed by atoms with E-state index in [1.165, 1.54) is 11.1 Å². The molecule has 2 rings (SSSR count). The van der Waals surface area contributed by atoms with Crippen LogP contribution in [0.3, 0.4) is 0 Å². The van der Waals surface area contributed by atoms with E-state index >= 15 is 0 Å². The highest BCUT2D eigenvalue weighted by molar-refractivity contribution is 9.10. The molecule has 1 atom stereocenters. The Morgan fingerprint density at radius 2 is 1.83 bits per heavy atom. The number of nitrogens with one attached hydrogen (secondary N) is 2. The number of hydrogen-bond acceptors (Lipinski definition) is 2. The summed E-state index contributed by atoms with van der Waals surface area (Å²) < 4.78 is 6.92. The molecular weight excluding hydrogens is 384 g/mol. The molecule has 3 nitrogen and oxygen atoms in total. The molecule has 0 aromatic heterocycles. The van der Waals surface area contributed by atoms with Crippen LogP contribution in [0.1, 0.15) is 23.6 Å². The largest absolute Gasteiger partial charge is 0.491 e. The van der Waals surface area contributed by atoms with E-state index in [9.17, 15) is 0 Å². The van der Waals surface area contributed by atoms with Crippen molar-refractivity contribution in [1.82, 2.24) is 5.32 Å². The maximum Gasteiger partial charge on any atom is 0.171 e. The molecule has 0 saturated carbocycles. The van der Waals surface area contributed by atoms with Crippen LogP contribution in [0, 0.1) is 20.8 Å². The van der Waals surface area contributed by atoms with Crippen molar-refractivity contribution in [2.75, 3.05) is 11.9 Å². The normalized spacial score (nSPS) is 11.7. The molecule has 0 fully saturated rings. The van der Waals surface area contributed by atoms with E-state index in [-0.39, 0.29) is 6.04 Å². The maximum atomic E-state index is 5.83. The number of aryl methyl sites for hydroxylation is 3. The lowest BCUT2D eigenvalue weighted by Crippen LogP contribution is -2.39. The van der Waals surface area contributed by atoms with Gasteiger partial charge in [-0.1, -0.05) is 22.0 Å². The van der Waals surface area contributed by atoms with Crippen LogP contribution < -0.4 is 15.4 Å². The van der Waals surface area contributed by atoms with Crippen molar-refractivity contribution in [2.45, 2.75) is 33.7 Å². The van der Waals surface area contributed by atoms with Crippen LogP contribution in [0.5, 0.6) is 5.75 Å². The van der Waals surface area contributed by atoms with Crippen LogP contribution in [0.25, 0.3) is 0 Å². The Labute approximate surface area is 157 Å². The highest BCUT2D eigenvalue weighted by Crippen LogP contribution is 2.20. The van der Waals surface area contributed by atoms with Gasteiger partial charge in [-0.3, -0.25) is 0 Å². The van der Waals surface area contributed by atoms with Crippen LogP contribution in [-0.4, -0.2) is 17.8 Å². The lowest BCUT2D eigenvalue weighted by Gasteiger charge is -2.18. The van der Waals surface area contributed by atoms with Gasteiger partial charge >= 0.3 is 0 Å². The quantitative estimate of drug-likeness (QED) is 0.674. The summed E-state index contributed by atoms with van der Waals surface area (Å²) in [6.45, 7) is 8.82. The lowest BCUT2D eigenvalue weighted by molar-refractivity contribution is 0.287. The number of hydrogen-bond donors (Lipinski definition) is 2. The predicted octanol–water partition coefficient (Wildman–Crippen LogP) is 5.13. The zero-order chi connectivity index (χ0) is 17.7. The van der Waals surface area contributed by atoms with Gasteiger partial charge in [0.15, 0.2) is 5.11 Å². The van der Waals surface area contributed by atoms with Gasteiger partial charge in [0.25, 0.3) is 0 Å². The van der Waals surface area contributed by atoms with Gasteiger partial charge in [0.05, 0.1) is 6.04 Å². The summed E-state index contributed by atoms with van der Waals surface area (Å²) in [5.41, 5.74) is 4.63. The molecule has 0 bridgehead atoms. The second-order valence-corrected chi connectivity index (χ2v) is 7.28. The molecule has 0 amide bonds. The molecule has 0 radical (unpaired) electrons. The second kappa shape index (κ2) is 8.49. The van der Waals surface area contributed by atoms with E-state index in [0.29, 0.717) is 11.7 Å². The van der Waals surface area contributed by atoms with Crippen molar-refractivity contribution < 1.29 is 4.74 Å². The Morgan fingerprint density at radius 3 is 2.50 bits per heavy atom. The molecule has 0 saturated heterocycles. The average Bonchev–Trinajstić information content (AvgIpc) is 2.52. The Bertz CT molecular complexity index is 733. The highest BCUT2D eigenvalue weighted by atomic mass is 79.9. The fourth-order valence-electron chi connectivity index (χ4n) is 2.18. The second-order valence-electron chi connectivity index (χ2n) is 6.02. The number of anilines is 1. The summed E-state index contributed by atoms with van der Waals surface area (Å²) >= 11 is 8.86. The van der Waals surface area contributed by atoms with E-state index in [0.717, 1.165) is 21.5 Å². The summed E-state index contributed by atoms with van der Waals surface area (Å²) in [7, 11) is 0. The third-order valence-electron chi connectivity index (χ3n) is 3.77. The van der Waals surface area contributed by atoms with E-state index in [4.69, 9.17) is 17.0 Å². The Kier molecular flexibility index (Phi) is 6.63. The maximum absolute atomic E-state index is 5.83. The first kappa shape index (κ1) is 18.7. The number of rotatable bonds is 5. The monoisotopic (exact) mass is 406 g/mol. The van der Waals surface area contributed by atoms with Crippen LogP contribution >= 0.6 is 28.1 Å². The van der Waals surface area contributed by atoms with Crippen molar-refractivity contribution in [3.8, 4) is 5.75 Å². The van der Waals surface area contributed by atoms with Gasteiger partial charge in [-0.05, 0) is 86.9 Å². The molecule has 5 heteroatoms. The van der Waals surface area contributed by atoms with Crippen LogP contribution in [-0.2, 0) is 0 Å². The summed E-state index contributed by atoms with van der Waals surface area (Å²) in [5.74, 6) is 0.883. The summed E-state index contributed by atoms with van der Waals surface area (Å²) in [6, 6.07) is 12.3. The Hall–Kier alpha value is -1.59. The molecule has 0 aliphatic carbocycles. The summed E-state index contributed by atoms with van der Waals surface area (Å²) in [5, 5.41) is 7.03. The van der Waals surface area contributed by atoms with Gasteiger partial charge in [0, 0.05) is 10.2 Å². The zero-order valence-electron chi connectivity index (χ0n) is 14.4. The first-order valence-corrected chi connectivity index (χ1v) is 9.09. The minimum Gasteiger partial charge on any atom is -0.491 e. The van der Waals surface area contributed by atoms with E-state index in [2.05, 4.69) is 52.5 Å². The number of benzene rings is 2. The molecule has 2 aromatic rings. The van der Waals surface area contributed by atoms with Gasteiger partial charge in [-0.2, -0.15) is 0 Å². The molecule has 24 heavy (non-hydrogen) atoms. The molecule has 2 aromatic carbocycles. The standard InChI is InChI=1S/C19H23BrN2OS/c1-12-5-7-17(10-13(12)2)23-11-15(4)21-19(24)22-16-6-8-18(20)14(3)9-16/h5-10,15H,11H2,1-4H3,(H2,21,22,24). The van der Waals surface area contributed by atoms with Gasteiger partial charge in [-0.15, -0.1) is 0 Å². The zero-order valence-corrected chi connectivity index (χ0v) is 16.8. The first-order chi connectivity index (χ1) is 11.3. The van der Waals surface area contributed by atoms with Crippen molar-refractivity contribution >= 4 is 38.9 Å². The van der Waals surface area contributed by atoms with Crippen molar-refractivity contribution in [2.24, 2.45) is 0 Å². The van der Waals surface area contributed by atoms with Gasteiger partial charge in [-0.25, -0.2) is 0 Å². The molecule has 0 aliphatic rings. The third-order valence-corrected chi connectivity index (χ3v) is 4.88. The fourth-order valence-corrected chi connectivity index (χ4v) is 2.75. The number of thiocarbonyl (C=S) groups is 1. The fraction of sp³-hybridized carbons (Fsp3) is 0.316. The van der Waals surface area contributed by atoms with Crippen molar-refractivity contribution in [3.05, 3.63) is 57.6 Å². The molecule has 0 spiro atoms. The smallest absolute Gasteiger partial charge is 0.171 e. The topological polar surface area (TPSA) is 33.3 Å². The molecule has 1 unspecified atom stereocenters. The summed E-state index contributed by atoms with van der Waals surface area (Å²) in [6.07, 6.45) is 0. The van der Waals surface area contributed by atoms with Crippen molar-refractivity contribution in [3.63, 3.8) is 0 Å². The van der Waals surface area contributed by atoms with Crippen LogP contribution in [0.2, 0.25) is 0 Å². The van der Waals surface area contributed by atoms with E-state index in [1.807, 2.05) is 38.1 Å². The molecule has 128 valence electrons. The highest BCUT2D eigenvalue weighted by Gasteiger charge is 2.07. The van der Waals surface area contributed by atoms with Gasteiger partial charge in [0.2, 0.25) is 0 Å². The van der Waals surface area contributed by atoms with Crippen molar-refractivity contribution in [1.29, 1.82) is 0 Å². The van der Waals surface area contributed by atoms with Crippen LogP contribution in [0.4, 0.5) is 5.69 Å².